The smallest absolute Gasteiger partial charge is 0.332 e. The second-order valence-corrected chi connectivity index (χ2v) is 6.45. The minimum absolute atomic E-state index is 0.245. The Labute approximate surface area is 151 Å². The zero-order chi connectivity index (χ0) is 18.1. The van der Waals surface area contributed by atoms with Gasteiger partial charge in [0.25, 0.3) is 5.91 Å². The molecule has 0 spiro atoms. The molecule has 2 aromatic carbocycles. The van der Waals surface area contributed by atoms with Crippen LogP contribution in [0.1, 0.15) is 11.1 Å². The molecular formula is C20H20N2O4. The average molecular weight is 352 g/mol. The predicted octanol–water partition coefficient (Wildman–Crippen LogP) is 2.74. The Morgan fingerprint density at radius 2 is 2.00 bits per heavy atom. The van der Waals surface area contributed by atoms with Crippen molar-refractivity contribution in [1.29, 1.82) is 0 Å². The molecule has 2 aromatic rings. The minimum atomic E-state index is -0.521. The van der Waals surface area contributed by atoms with Gasteiger partial charge in [-0.25, -0.2) is 9.69 Å². The van der Waals surface area contributed by atoms with E-state index in [-0.39, 0.29) is 18.5 Å². The Morgan fingerprint density at radius 3 is 2.81 bits per heavy atom. The number of hydrogen-bond acceptors (Lipinski definition) is 4. The topological polar surface area (TPSA) is 59.1 Å². The molecule has 0 aromatic heterocycles. The van der Waals surface area contributed by atoms with Gasteiger partial charge in [0.15, 0.2) is 0 Å². The first-order chi connectivity index (χ1) is 12.6. The number of hydrogen-bond donors (Lipinski definition) is 0. The molecule has 2 fully saturated rings. The molecule has 0 N–H and O–H groups in total. The summed E-state index contributed by atoms with van der Waals surface area (Å²) in [5.74, 6) is 0.373. The number of carbonyl (C=O) groups excluding carboxylic acids is 2. The number of urea groups is 1. The van der Waals surface area contributed by atoms with Crippen LogP contribution in [0.4, 0.5) is 10.5 Å². The molecule has 1 atom stereocenters. The van der Waals surface area contributed by atoms with Gasteiger partial charge >= 0.3 is 6.03 Å². The molecule has 134 valence electrons. The zero-order valence-corrected chi connectivity index (χ0v) is 14.6. The third-order valence-corrected chi connectivity index (χ3v) is 4.80. The molecule has 3 amide bonds. The molecule has 0 radical (unpaired) electrons. The highest BCUT2D eigenvalue weighted by molar-refractivity contribution is 6.21. The molecule has 0 aliphatic carbocycles. The van der Waals surface area contributed by atoms with Crippen molar-refractivity contribution in [3.63, 3.8) is 0 Å². The van der Waals surface area contributed by atoms with E-state index in [4.69, 9.17) is 9.47 Å². The number of imide groups is 1. The van der Waals surface area contributed by atoms with Gasteiger partial charge in [-0.3, -0.25) is 4.79 Å². The quantitative estimate of drug-likeness (QED) is 0.794. The fourth-order valence-corrected chi connectivity index (χ4v) is 3.29. The lowest BCUT2D eigenvalue weighted by Gasteiger charge is -2.26. The molecular weight excluding hydrogens is 332 g/mol. The van der Waals surface area contributed by atoms with E-state index in [0.717, 1.165) is 11.1 Å². The van der Waals surface area contributed by atoms with Gasteiger partial charge in [0.1, 0.15) is 18.4 Å². The minimum Gasteiger partial charge on any atom is -0.489 e. The second-order valence-electron chi connectivity index (χ2n) is 6.45. The molecule has 2 saturated heterocycles. The maximum absolute atomic E-state index is 12.6. The van der Waals surface area contributed by atoms with E-state index in [1.54, 1.807) is 23.1 Å². The van der Waals surface area contributed by atoms with Crippen molar-refractivity contribution in [1.82, 2.24) is 4.90 Å². The van der Waals surface area contributed by atoms with E-state index in [1.165, 1.54) is 4.90 Å². The number of benzene rings is 2. The number of ether oxygens (including phenoxy) is 2. The fourth-order valence-electron chi connectivity index (χ4n) is 3.29. The van der Waals surface area contributed by atoms with Crippen LogP contribution in [-0.4, -0.2) is 42.6 Å². The number of anilines is 1. The molecule has 0 saturated carbocycles. The first-order valence-electron chi connectivity index (χ1n) is 8.65. The van der Waals surface area contributed by atoms with Gasteiger partial charge in [0.2, 0.25) is 0 Å². The van der Waals surface area contributed by atoms with Crippen molar-refractivity contribution < 1.29 is 19.1 Å². The lowest BCUT2D eigenvalue weighted by Crippen LogP contribution is -2.45. The van der Waals surface area contributed by atoms with Crippen molar-refractivity contribution in [2.75, 3.05) is 24.7 Å². The van der Waals surface area contributed by atoms with Crippen LogP contribution in [0.2, 0.25) is 0 Å². The van der Waals surface area contributed by atoms with Gasteiger partial charge in [-0.05, 0) is 30.2 Å². The van der Waals surface area contributed by atoms with Gasteiger partial charge < -0.3 is 14.4 Å². The SMILES string of the molecule is Cc1ccccc1COc1cccc(N2C(=O)C3COCCN3C2=O)c1. The summed E-state index contributed by atoms with van der Waals surface area (Å²) in [6.45, 7) is 3.62. The maximum Gasteiger partial charge on any atom is 0.332 e. The maximum atomic E-state index is 12.6. The number of nitrogens with zero attached hydrogens (tertiary/aromatic N) is 2. The summed E-state index contributed by atoms with van der Waals surface area (Å²) < 4.78 is 11.2. The number of aryl methyl sites for hydroxylation is 1. The van der Waals surface area contributed by atoms with Crippen LogP contribution in [0.25, 0.3) is 0 Å². The standard InChI is InChI=1S/C20H20N2O4/c1-14-5-2-3-6-15(14)12-26-17-8-4-7-16(11-17)22-19(23)18-13-25-10-9-21(18)20(22)24/h2-8,11,18H,9-10,12-13H2,1H3. The van der Waals surface area contributed by atoms with Gasteiger partial charge in [-0.2, -0.15) is 0 Å². The second kappa shape index (κ2) is 6.80. The van der Waals surface area contributed by atoms with Gasteiger partial charge in [-0.1, -0.05) is 30.3 Å². The average Bonchev–Trinajstić information content (AvgIpc) is 2.92. The van der Waals surface area contributed by atoms with Crippen LogP contribution in [0.5, 0.6) is 5.75 Å². The van der Waals surface area contributed by atoms with Crippen LogP contribution in [0.15, 0.2) is 48.5 Å². The van der Waals surface area contributed by atoms with Crippen LogP contribution in [0.3, 0.4) is 0 Å². The number of carbonyl (C=O) groups is 2. The fraction of sp³-hybridized carbons (Fsp3) is 0.300. The summed E-state index contributed by atoms with van der Waals surface area (Å²) in [6, 6.07) is 14.3. The summed E-state index contributed by atoms with van der Waals surface area (Å²) in [6.07, 6.45) is 0. The Balaban J connectivity index is 1.53. The number of morpholine rings is 1. The van der Waals surface area contributed by atoms with E-state index in [2.05, 4.69) is 0 Å². The van der Waals surface area contributed by atoms with Crippen LogP contribution in [0, 0.1) is 6.92 Å². The zero-order valence-electron chi connectivity index (χ0n) is 14.6. The van der Waals surface area contributed by atoms with Crippen LogP contribution >= 0.6 is 0 Å². The molecule has 26 heavy (non-hydrogen) atoms. The van der Waals surface area contributed by atoms with Crippen molar-refractivity contribution in [2.24, 2.45) is 0 Å². The largest absolute Gasteiger partial charge is 0.489 e. The van der Waals surface area contributed by atoms with E-state index >= 15 is 0 Å². The summed E-state index contributed by atoms with van der Waals surface area (Å²) in [5, 5.41) is 0. The Kier molecular flexibility index (Phi) is 4.34. The normalized spacial score (nSPS) is 19.7. The van der Waals surface area contributed by atoms with Crippen LogP contribution in [-0.2, 0) is 16.1 Å². The number of rotatable bonds is 4. The van der Waals surface area contributed by atoms with E-state index in [0.29, 0.717) is 31.2 Å². The van der Waals surface area contributed by atoms with Gasteiger partial charge in [0.05, 0.1) is 18.9 Å². The van der Waals surface area contributed by atoms with E-state index in [9.17, 15) is 9.59 Å². The Hall–Kier alpha value is -2.86. The molecule has 6 heteroatoms. The first kappa shape index (κ1) is 16.6. The first-order valence-corrected chi connectivity index (χ1v) is 8.65. The molecule has 2 aliphatic rings. The third kappa shape index (κ3) is 2.93. The third-order valence-electron chi connectivity index (χ3n) is 4.80. The summed E-state index contributed by atoms with van der Waals surface area (Å²) in [5.41, 5.74) is 2.78. The lowest BCUT2D eigenvalue weighted by atomic mass is 10.1. The molecule has 2 heterocycles. The van der Waals surface area contributed by atoms with E-state index in [1.807, 2.05) is 37.3 Å². The van der Waals surface area contributed by atoms with Crippen molar-refractivity contribution in [2.45, 2.75) is 19.6 Å². The monoisotopic (exact) mass is 352 g/mol. The number of amides is 3. The van der Waals surface area contributed by atoms with Gasteiger partial charge in [0, 0.05) is 12.6 Å². The molecule has 2 aliphatic heterocycles. The summed E-state index contributed by atoms with van der Waals surface area (Å²) in [4.78, 5) is 28.0. The highest BCUT2D eigenvalue weighted by atomic mass is 16.5. The van der Waals surface area contributed by atoms with Crippen LogP contribution < -0.4 is 9.64 Å². The van der Waals surface area contributed by atoms with E-state index < -0.39 is 6.04 Å². The highest BCUT2D eigenvalue weighted by Gasteiger charge is 2.47. The Bertz CT molecular complexity index is 827. The van der Waals surface area contributed by atoms with Gasteiger partial charge in [-0.15, -0.1) is 0 Å². The summed E-state index contributed by atoms with van der Waals surface area (Å²) in [7, 11) is 0. The molecule has 0 bridgehead atoms. The van der Waals surface area contributed by atoms with Crippen molar-refractivity contribution in [3.8, 4) is 5.75 Å². The molecule has 4 rings (SSSR count). The van der Waals surface area contributed by atoms with Crippen molar-refractivity contribution in [3.05, 3.63) is 59.7 Å². The Morgan fingerprint density at radius 1 is 1.15 bits per heavy atom. The predicted molar refractivity (Wildman–Crippen MR) is 96.1 cm³/mol. The molecule has 6 nitrogen and oxygen atoms in total. The lowest BCUT2D eigenvalue weighted by molar-refractivity contribution is -0.123. The molecule has 1 unspecified atom stereocenters. The van der Waals surface area contributed by atoms with Crippen molar-refractivity contribution >= 4 is 17.6 Å². The highest BCUT2D eigenvalue weighted by Crippen LogP contribution is 2.29. The summed E-state index contributed by atoms with van der Waals surface area (Å²) >= 11 is 0. The number of fused-ring (bicyclic) bond motifs is 1.